The molecule has 3 N–H and O–H groups in total. The van der Waals surface area contributed by atoms with Gasteiger partial charge in [0.1, 0.15) is 23.6 Å². The van der Waals surface area contributed by atoms with Crippen molar-refractivity contribution in [1.29, 1.82) is 0 Å². The largest absolute Gasteiger partial charge is 0.508 e. The third-order valence-corrected chi connectivity index (χ3v) is 6.98. The Kier molecular flexibility index (Phi) is 6.22. The summed E-state index contributed by atoms with van der Waals surface area (Å²) in [5, 5.41) is 32.5. The number of rotatable bonds is 4. The van der Waals surface area contributed by atoms with Crippen LogP contribution in [0.2, 0.25) is 0 Å². The summed E-state index contributed by atoms with van der Waals surface area (Å²) < 4.78 is 11.4. The molecule has 31 heavy (non-hydrogen) atoms. The van der Waals surface area contributed by atoms with Crippen LogP contribution in [-0.2, 0) is 14.3 Å². The number of carbonyl (C=O) groups excluding carboxylic acids is 2. The number of aliphatic hydroxyl groups excluding tert-OH is 1. The van der Waals surface area contributed by atoms with Crippen molar-refractivity contribution in [1.82, 2.24) is 0 Å². The summed E-state index contributed by atoms with van der Waals surface area (Å²) in [6.45, 7) is 8.66. The smallest absolute Gasteiger partial charge is 0.338 e. The highest BCUT2D eigenvalue weighted by atomic mass is 16.6. The molecule has 1 fully saturated rings. The summed E-state index contributed by atoms with van der Waals surface area (Å²) in [6.07, 6.45) is -0.0893. The Bertz CT molecular complexity index is 874. The molecule has 2 aliphatic carbocycles. The maximum absolute atomic E-state index is 12.9. The van der Waals surface area contributed by atoms with Crippen LogP contribution in [0.15, 0.2) is 35.9 Å². The first-order valence-electron chi connectivity index (χ1n) is 10.6. The Morgan fingerprint density at radius 2 is 1.77 bits per heavy atom. The van der Waals surface area contributed by atoms with Gasteiger partial charge in [0.05, 0.1) is 11.7 Å². The van der Waals surface area contributed by atoms with Crippen molar-refractivity contribution in [2.24, 2.45) is 17.3 Å². The average Bonchev–Trinajstić information content (AvgIpc) is 2.84. The van der Waals surface area contributed by atoms with Crippen LogP contribution in [0.1, 0.15) is 57.8 Å². The van der Waals surface area contributed by atoms with Gasteiger partial charge in [0.2, 0.25) is 0 Å². The monoisotopic (exact) mass is 432 g/mol. The van der Waals surface area contributed by atoms with E-state index in [9.17, 15) is 24.9 Å². The zero-order valence-electron chi connectivity index (χ0n) is 18.7. The molecule has 0 amide bonds. The fourth-order valence-corrected chi connectivity index (χ4v) is 5.34. The van der Waals surface area contributed by atoms with Crippen LogP contribution >= 0.6 is 0 Å². The molecule has 0 aromatic heterocycles. The maximum Gasteiger partial charge on any atom is 0.338 e. The van der Waals surface area contributed by atoms with E-state index in [1.54, 1.807) is 6.08 Å². The molecule has 7 heteroatoms. The van der Waals surface area contributed by atoms with Crippen LogP contribution in [0.4, 0.5) is 0 Å². The van der Waals surface area contributed by atoms with Crippen molar-refractivity contribution >= 4 is 11.9 Å². The second kappa shape index (κ2) is 8.28. The number of carbonyl (C=O) groups is 2. The fourth-order valence-electron chi connectivity index (χ4n) is 5.34. The molecule has 2 aliphatic rings. The number of aromatic hydroxyl groups is 1. The van der Waals surface area contributed by atoms with Crippen molar-refractivity contribution in [3.63, 3.8) is 0 Å². The minimum absolute atomic E-state index is 0.0339. The number of hydrogen-bond donors (Lipinski definition) is 3. The first-order valence-corrected chi connectivity index (χ1v) is 10.6. The first-order chi connectivity index (χ1) is 14.4. The number of phenols is 1. The quantitative estimate of drug-likeness (QED) is 0.495. The molecule has 1 aromatic rings. The first kappa shape index (κ1) is 23.3. The summed E-state index contributed by atoms with van der Waals surface area (Å²) >= 11 is 0. The second-order valence-electron chi connectivity index (χ2n) is 9.48. The van der Waals surface area contributed by atoms with Crippen LogP contribution in [-0.4, -0.2) is 51.2 Å². The van der Waals surface area contributed by atoms with E-state index < -0.39 is 47.2 Å². The van der Waals surface area contributed by atoms with Crippen LogP contribution in [0.25, 0.3) is 0 Å². The minimum Gasteiger partial charge on any atom is -0.508 e. The Morgan fingerprint density at radius 1 is 1.16 bits per heavy atom. The Morgan fingerprint density at radius 3 is 2.32 bits per heavy atom. The Balaban J connectivity index is 2.06. The fraction of sp³-hybridized carbons (Fsp3) is 0.583. The molecule has 0 unspecified atom stereocenters. The minimum atomic E-state index is -1.51. The molecule has 6 atom stereocenters. The number of benzene rings is 1. The van der Waals surface area contributed by atoms with Gasteiger partial charge in [-0.3, -0.25) is 4.79 Å². The normalized spacial score (nSPS) is 35.2. The topological polar surface area (TPSA) is 113 Å². The number of hydrogen-bond acceptors (Lipinski definition) is 7. The summed E-state index contributed by atoms with van der Waals surface area (Å²) in [6, 6.07) is 5.72. The van der Waals surface area contributed by atoms with Crippen LogP contribution in [0.5, 0.6) is 5.75 Å². The number of phenolic OH excluding ortho intramolecular Hbond substituents is 1. The zero-order valence-corrected chi connectivity index (χ0v) is 18.7. The van der Waals surface area contributed by atoms with Crippen LogP contribution < -0.4 is 0 Å². The van der Waals surface area contributed by atoms with Crippen molar-refractivity contribution in [3.05, 3.63) is 41.5 Å². The second-order valence-corrected chi connectivity index (χ2v) is 9.48. The van der Waals surface area contributed by atoms with Gasteiger partial charge in [0.25, 0.3) is 0 Å². The van der Waals surface area contributed by atoms with E-state index in [0.717, 1.165) is 5.57 Å². The molecule has 0 bridgehead atoms. The Hall–Kier alpha value is -2.38. The van der Waals surface area contributed by atoms with E-state index in [2.05, 4.69) is 0 Å². The van der Waals surface area contributed by atoms with E-state index in [1.165, 1.54) is 31.2 Å². The molecule has 1 aromatic carbocycles. The molecule has 170 valence electrons. The SMILES string of the molecule is CC(=O)O[C@@H]1C[C@@]2(C)[C@@H]([C@@H](OC(=O)c3ccc(O)cc3)C=C(C)C[C@@H]2O)[C@]1(O)C(C)C. The summed E-state index contributed by atoms with van der Waals surface area (Å²) in [5.41, 5.74) is -1.25. The van der Waals surface area contributed by atoms with Gasteiger partial charge in [0.15, 0.2) is 0 Å². The summed E-state index contributed by atoms with van der Waals surface area (Å²) in [5.74, 6) is -2.11. The van der Waals surface area contributed by atoms with Gasteiger partial charge in [-0.2, -0.15) is 0 Å². The Labute approximate surface area is 182 Å². The van der Waals surface area contributed by atoms with Gasteiger partial charge in [0, 0.05) is 18.3 Å². The van der Waals surface area contributed by atoms with Gasteiger partial charge in [-0.1, -0.05) is 26.3 Å². The van der Waals surface area contributed by atoms with Crippen molar-refractivity contribution in [3.8, 4) is 5.75 Å². The maximum atomic E-state index is 12.9. The zero-order chi connectivity index (χ0) is 23.1. The molecular weight excluding hydrogens is 400 g/mol. The molecule has 0 aliphatic heterocycles. The van der Waals surface area contributed by atoms with E-state index in [1.807, 2.05) is 27.7 Å². The third-order valence-electron chi connectivity index (χ3n) is 6.98. The van der Waals surface area contributed by atoms with E-state index in [0.29, 0.717) is 6.42 Å². The summed E-state index contributed by atoms with van der Waals surface area (Å²) in [7, 11) is 0. The van der Waals surface area contributed by atoms with Gasteiger partial charge >= 0.3 is 11.9 Å². The molecule has 0 heterocycles. The van der Waals surface area contributed by atoms with Crippen molar-refractivity contribution < 1.29 is 34.4 Å². The van der Waals surface area contributed by atoms with Gasteiger partial charge in [-0.05, 0) is 56.0 Å². The third kappa shape index (κ3) is 4.08. The molecule has 1 saturated carbocycles. The number of fused-ring (bicyclic) bond motifs is 1. The van der Waals surface area contributed by atoms with Gasteiger partial charge < -0.3 is 24.8 Å². The van der Waals surface area contributed by atoms with Gasteiger partial charge in [-0.15, -0.1) is 0 Å². The molecule has 7 nitrogen and oxygen atoms in total. The predicted octanol–water partition coefficient (Wildman–Crippen LogP) is 2.97. The van der Waals surface area contributed by atoms with Crippen molar-refractivity contribution in [2.45, 2.75) is 71.4 Å². The van der Waals surface area contributed by atoms with Crippen LogP contribution in [0, 0.1) is 17.3 Å². The average molecular weight is 433 g/mol. The van der Waals surface area contributed by atoms with E-state index in [4.69, 9.17) is 9.47 Å². The highest BCUT2D eigenvalue weighted by Gasteiger charge is 2.67. The molecule has 3 rings (SSSR count). The molecular formula is C24H32O7. The molecule has 0 spiro atoms. The number of esters is 2. The highest BCUT2D eigenvalue weighted by molar-refractivity contribution is 5.89. The lowest BCUT2D eigenvalue weighted by Gasteiger charge is -2.44. The van der Waals surface area contributed by atoms with Crippen molar-refractivity contribution in [2.75, 3.05) is 0 Å². The lowest BCUT2D eigenvalue weighted by atomic mass is 9.66. The predicted molar refractivity (Wildman–Crippen MR) is 113 cm³/mol. The van der Waals surface area contributed by atoms with Crippen LogP contribution in [0.3, 0.4) is 0 Å². The molecule has 0 saturated heterocycles. The van der Waals surface area contributed by atoms with E-state index >= 15 is 0 Å². The summed E-state index contributed by atoms with van der Waals surface area (Å²) in [4.78, 5) is 24.7. The number of aliphatic hydroxyl groups is 2. The lowest BCUT2D eigenvalue weighted by Crippen LogP contribution is -2.56. The standard InChI is InChI=1S/C24H32O7/c1-13(2)24(29)20(30-15(4)25)12-23(5)19(27)11-14(3)10-18(21(23)24)31-22(28)16-6-8-17(26)9-7-16/h6-10,13,18-21,26-27,29H,11-12H2,1-5H3/t18-,19-,20+,21+,23+,24-/m0/s1. The molecule has 0 radical (unpaired) electrons. The number of ether oxygens (including phenoxy) is 2. The lowest BCUT2D eigenvalue weighted by molar-refractivity contribution is -0.178. The van der Waals surface area contributed by atoms with Gasteiger partial charge in [-0.25, -0.2) is 4.79 Å². The highest BCUT2D eigenvalue weighted by Crippen LogP contribution is 2.59. The van der Waals surface area contributed by atoms with E-state index in [-0.39, 0.29) is 23.7 Å².